The number of anilines is 1. The first-order valence-corrected chi connectivity index (χ1v) is 9.16. The maximum atomic E-state index is 5.49. The minimum Gasteiger partial charge on any atom is -0.497 e. The number of ether oxygens (including phenoxy) is 2. The summed E-state index contributed by atoms with van der Waals surface area (Å²) in [4.78, 5) is 9.89. The highest BCUT2D eigenvalue weighted by Gasteiger charge is 2.27. The number of rotatable bonds is 3. The summed E-state index contributed by atoms with van der Waals surface area (Å²) >= 11 is 1.79. The lowest BCUT2D eigenvalue weighted by Gasteiger charge is -2.40. The average molecular weight is 333 g/mol. The normalized spacial score (nSPS) is 23.3. The summed E-state index contributed by atoms with van der Waals surface area (Å²) in [6, 6.07) is 6.78. The molecule has 0 aliphatic carbocycles. The highest BCUT2D eigenvalue weighted by Crippen LogP contribution is 2.33. The number of hydrogen-bond donors (Lipinski definition) is 0. The van der Waals surface area contributed by atoms with Crippen molar-refractivity contribution in [3.63, 3.8) is 0 Å². The predicted octanol–water partition coefficient (Wildman–Crippen LogP) is 2.61. The van der Waals surface area contributed by atoms with Crippen LogP contribution in [0, 0.1) is 0 Å². The Morgan fingerprint density at radius 2 is 2.13 bits per heavy atom. The molecule has 0 N–H and O–H groups in total. The highest BCUT2D eigenvalue weighted by molar-refractivity contribution is 7.22. The molecule has 23 heavy (non-hydrogen) atoms. The Hall–Kier alpha value is -1.37. The minimum absolute atomic E-state index is 0.634. The molecule has 3 heterocycles. The fourth-order valence-corrected chi connectivity index (χ4v) is 4.51. The first-order valence-electron chi connectivity index (χ1n) is 8.35. The summed E-state index contributed by atoms with van der Waals surface area (Å²) in [5, 5.41) is 1.14. The first kappa shape index (κ1) is 15.2. The molecule has 0 amide bonds. The average Bonchev–Trinajstić information content (AvgIpc) is 3.06. The molecule has 4 rings (SSSR count). The molecule has 2 aromatic rings. The highest BCUT2D eigenvalue weighted by atomic mass is 32.1. The molecule has 0 radical (unpaired) electrons. The van der Waals surface area contributed by atoms with Crippen LogP contribution in [0.5, 0.6) is 5.75 Å². The number of thiazole rings is 1. The number of fused-ring (bicyclic) bond motifs is 1. The molecule has 0 spiro atoms. The molecule has 2 fully saturated rings. The molecule has 1 unspecified atom stereocenters. The maximum absolute atomic E-state index is 5.49. The number of nitrogens with zero attached hydrogens (tertiary/aromatic N) is 3. The van der Waals surface area contributed by atoms with E-state index in [9.17, 15) is 0 Å². The van der Waals surface area contributed by atoms with Gasteiger partial charge in [-0.15, -0.1) is 0 Å². The molecule has 2 saturated heterocycles. The summed E-state index contributed by atoms with van der Waals surface area (Å²) in [5.41, 5.74) is 1.04. The second kappa shape index (κ2) is 6.63. The fraction of sp³-hybridized carbons (Fsp3) is 0.588. The van der Waals surface area contributed by atoms with Crippen molar-refractivity contribution < 1.29 is 9.47 Å². The Morgan fingerprint density at radius 1 is 1.26 bits per heavy atom. The van der Waals surface area contributed by atoms with Crippen molar-refractivity contribution in [2.75, 3.05) is 51.4 Å². The third kappa shape index (κ3) is 3.16. The van der Waals surface area contributed by atoms with Crippen LogP contribution in [0.15, 0.2) is 18.2 Å². The topological polar surface area (TPSA) is 37.8 Å². The number of morpholine rings is 1. The van der Waals surface area contributed by atoms with Gasteiger partial charge in [0.1, 0.15) is 5.75 Å². The number of hydrogen-bond acceptors (Lipinski definition) is 6. The van der Waals surface area contributed by atoms with Gasteiger partial charge >= 0.3 is 0 Å². The molecule has 1 aromatic heterocycles. The van der Waals surface area contributed by atoms with Crippen LogP contribution in [-0.4, -0.2) is 62.4 Å². The van der Waals surface area contributed by atoms with Gasteiger partial charge in [-0.3, -0.25) is 4.90 Å². The van der Waals surface area contributed by atoms with E-state index in [0.717, 1.165) is 55.8 Å². The summed E-state index contributed by atoms with van der Waals surface area (Å²) in [7, 11) is 1.70. The van der Waals surface area contributed by atoms with Crippen LogP contribution in [-0.2, 0) is 4.74 Å². The Balaban J connectivity index is 1.52. The third-order valence-corrected chi connectivity index (χ3v) is 5.91. The molecular formula is C17H23N3O2S. The molecule has 1 atom stereocenters. The Bertz CT molecular complexity index is 669. The van der Waals surface area contributed by atoms with Gasteiger partial charge in [0, 0.05) is 38.3 Å². The van der Waals surface area contributed by atoms with Gasteiger partial charge in [0.15, 0.2) is 5.13 Å². The second-order valence-corrected chi connectivity index (χ2v) is 7.23. The number of piperidine rings is 1. The van der Waals surface area contributed by atoms with Crippen LogP contribution in [0.25, 0.3) is 10.2 Å². The van der Waals surface area contributed by atoms with Crippen LogP contribution in [0.3, 0.4) is 0 Å². The summed E-state index contributed by atoms with van der Waals surface area (Å²) in [5.74, 6) is 0.874. The van der Waals surface area contributed by atoms with Crippen LogP contribution >= 0.6 is 11.3 Å². The van der Waals surface area contributed by atoms with Gasteiger partial charge in [-0.25, -0.2) is 4.98 Å². The van der Waals surface area contributed by atoms with E-state index in [1.165, 1.54) is 17.5 Å². The number of aromatic nitrogens is 1. The summed E-state index contributed by atoms with van der Waals surface area (Å²) < 4.78 is 12.0. The van der Waals surface area contributed by atoms with Gasteiger partial charge in [-0.05, 0) is 25.0 Å². The Kier molecular flexibility index (Phi) is 4.37. The largest absolute Gasteiger partial charge is 0.497 e. The van der Waals surface area contributed by atoms with Crippen molar-refractivity contribution in [2.24, 2.45) is 0 Å². The van der Waals surface area contributed by atoms with Gasteiger partial charge in [0.05, 0.1) is 30.5 Å². The zero-order valence-electron chi connectivity index (χ0n) is 13.5. The molecule has 124 valence electrons. The summed E-state index contributed by atoms with van der Waals surface area (Å²) in [6.07, 6.45) is 2.52. The Morgan fingerprint density at radius 3 is 2.96 bits per heavy atom. The molecule has 0 saturated carbocycles. The van der Waals surface area contributed by atoms with Crippen LogP contribution in [0.2, 0.25) is 0 Å². The van der Waals surface area contributed by atoms with E-state index in [2.05, 4.69) is 15.9 Å². The van der Waals surface area contributed by atoms with E-state index in [1.807, 2.05) is 12.1 Å². The second-order valence-electron chi connectivity index (χ2n) is 6.22. The molecule has 1 aromatic carbocycles. The Labute approximate surface area is 140 Å². The standard InChI is InChI=1S/C17H23N3O2S/c1-21-14-4-5-16-15(11-14)18-17(23-16)20-6-2-3-13(12-20)19-7-9-22-10-8-19/h4-5,11,13H,2-3,6-10,12H2,1H3. The van der Waals surface area contributed by atoms with Gasteiger partial charge in [-0.1, -0.05) is 11.3 Å². The maximum Gasteiger partial charge on any atom is 0.186 e. The molecule has 2 aliphatic rings. The molecule has 0 bridgehead atoms. The van der Waals surface area contributed by atoms with Crippen molar-refractivity contribution >= 4 is 26.7 Å². The van der Waals surface area contributed by atoms with Crippen molar-refractivity contribution in [1.29, 1.82) is 0 Å². The quantitative estimate of drug-likeness (QED) is 0.863. The van der Waals surface area contributed by atoms with E-state index in [0.29, 0.717) is 6.04 Å². The van der Waals surface area contributed by atoms with Gasteiger partial charge in [0.2, 0.25) is 0 Å². The summed E-state index contributed by atoms with van der Waals surface area (Å²) in [6.45, 7) is 6.06. The van der Waals surface area contributed by atoms with Crippen LogP contribution < -0.4 is 9.64 Å². The van der Waals surface area contributed by atoms with E-state index in [1.54, 1.807) is 18.4 Å². The van der Waals surface area contributed by atoms with Gasteiger partial charge in [-0.2, -0.15) is 0 Å². The van der Waals surface area contributed by atoms with Crippen LogP contribution in [0.4, 0.5) is 5.13 Å². The van der Waals surface area contributed by atoms with Gasteiger partial charge < -0.3 is 14.4 Å². The van der Waals surface area contributed by atoms with Crippen LogP contribution in [0.1, 0.15) is 12.8 Å². The number of benzene rings is 1. The smallest absolute Gasteiger partial charge is 0.186 e. The van der Waals surface area contributed by atoms with E-state index in [-0.39, 0.29) is 0 Å². The fourth-order valence-electron chi connectivity index (χ4n) is 3.53. The van der Waals surface area contributed by atoms with E-state index in [4.69, 9.17) is 14.5 Å². The van der Waals surface area contributed by atoms with Crippen molar-refractivity contribution in [3.05, 3.63) is 18.2 Å². The minimum atomic E-state index is 0.634. The predicted molar refractivity (Wildman–Crippen MR) is 93.8 cm³/mol. The lowest BCUT2D eigenvalue weighted by atomic mass is 10.0. The first-order chi connectivity index (χ1) is 11.3. The lowest BCUT2D eigenvalue weighted by molar-refractivity contribution is 0.0137. The van der Waals surface area contributed by atoms with Crippen molar-refractivity contribution in [3.8, 4) is 5.75 Å². The molecule has 5 nitrogen and oxygen atoms in total. The monoisotopic (exact) mass is 333 g/mol. The lowest BCUT2D eigenvalue weighted by Crippen LogP contribution is -2.51. The third-order valence-electron chi connectivity index (χ3n) is 4.81. The van der Waals surface area contributed by atoms with E-state index < -0.39 is 0 Å². The SMILES string of the molecule is COc1ccc2sc(N3CCCC(N4CCOCC4)C3)nc2c1. The molecule has 2 aliphatic heterocycles. The van der Waals surface area contributed by atoms with Crippen molar-refractivity contribution in [2.45, 2.75) is 18.9 Å². The van der Waals surface area contributed by atoms with E-state index >= 15 is 0 Å². The number of methoxy groups -OCH3 is 1. The van der Waals surface area contributed by atoms with Crippen molar-refractivity contribution in [1.82, 2.24) is 9.88 Å². The molecular weight excluding hydrogens is 310 g/mol. The zero-order chi connectivity index (χ0) is 15.6. The molecule has 6 heteroatoms. The zero-order valence-corrected chi connectivity index (χ0v) is 14.3. The van der Waals surface area contributed by atoms with Gasteiger partial charge in [0.25, 0.3) is 0 Å².